The summed E-state index contributed by atoms with van der Waals surface area (Å²) in [5.41, 5.74) is 1.88. The van der Waals surface area contributed by atoms with Gasteiger partial charge >= 0.3 is 0 Å². The Morgan fingerprint density at radius 1 is 1.17 bits per heavy atom. The Bertz CT molecular complexity index is 698. The number of nitrogens with one attached hydrogen (secondary N) is 1. The Balaban J connectivity index is 1.60. The van der Waals surface area contributed by atoms with Crippen LogP contribution in [0, 0.1) is 0 Å². The van der Waals surface area contributed by atoms with E-state index in [-0.39, 0.29) is 5.91 Å². The highest BCUT2D eigenvalue weighted by molar-refractivity contribution is 6.30. The van der Waals surface area contributed by atoms with E-state index in [1.54, 1.807) is 7.11 Å². The van der Waals surface area contributed by atoms with Crippen molar-refractivity contribution in [2.45, 2.75) is 6.54 Å². The molecule has 1 fully saturated rings. The van der Waals surface area contributed by atoms with Crippen molar-refractivity contribution < 1.29 is 14.4 Å². The number of rotatable bonds is 4. The topological polar surface area (TPSA) is 34.0 Å². The van der Waals surface area contributed by atoms with Crippen LogP contribution in [-0.4, -0.2) is 44.1 Å². The number of carbonyl (C=O) groups is 1. The highest BCUT2D eigenvalue weighted by atomic mass is 35.5. The molecule has 0 saturated carbocycles. The summed E-state index contributed by atoms with van der Waals surface area (Å²) in [7, 11) is 1.68. The first-order chi connectivity index (χ1) is 11.7. The van der Waals surface area contributed by atoms with E-state index in [4.69, 9.17) is 16.3 Å². The Morgan fingerprint density at radius 2 is 1.88 bits per heavy atom. The minimum absolute atomic E-state index is 0.120. The number of piperazine rings is 1. The van der Waals surface area contributed by atoms with Gasteiger partial charge in [-0.05, 0) is 30.3 Å². The summed E-state index contributed by atoms with van der Waals surface area (Å²) in [5, 5.41) is 0.725. The van der Waals surface area contributed by atoms with Crippen LogP contribution in [0.2, 0.25) is 5.02 Å². The number of quaternary nitrogens is 1. The molecule has 3 rings (SSSR count). The molecule has 2 aromatic rings. The van der Waals surface area contributed by atoms with Crippen molar-refractivity contribution in [3.05, 3.63) is 64.7 Å². The third kappa shape index (κ3) is 3.89. The fourth-order valence-corrected chi connectivity index (χ4v) is 3.32. The van der Waals surface area contributed by atoms with E-state index in [1.807, 2.05) is 53.4 Å². The zero-order valence-electron chi connectivity index (χ0n) is 13.8. The maximum absolute atomic E-state index is 12.5. The van der Waals surface area contributed by atoms with Crippen LogP contribution >= 0.6 is 11.6 Å². The first-order valence-corrected chi connectivity index (χ1v) is 8.55. The second-order valence-corrected chi connectivity index (χ2v) is 6.48. The quantitative estimate of drug-likeness (QED) is 0.918. The van der Waals surface area contributed by atoms with Gasteiger partial charge < -0.3 is 14.5 Å². The van der Waals surface area contributed by atoms with Gasteiger partial charge in [0.05, 0.1) is 33.3 Å². The number of methoxy groups -OCH3 is 1. The molecule has 0 unspecified atom stereocenters. The van der Waals surface area contributed by atoms with Crippen LogP contribution in [0.15, 0.2) is 48.5 Å². The first-order valence-electron chi connectivity index (χ1n) is 8.17. The summed E-state index contributed by atoms with van der Waals surface area (Å²) in [6.45, 7) is 4.25. The number of hydrogen-bond donors (Lipinski definition) is 1. The minimum atomic E-state index is 0.120. The van der Waals surface area contributed by atoms with Gasteiger partial charge in [-0.1, -0.05) is 29.8 Å². The minimum Gasteiger partial charge on any atom is -0.496 e. The Hall–Kier alpha value is -2.04. The molecule has 24 heavy (non-hydrogen) atoms. The monoisotopic (exact) mass is 345 g/mol. The molecule has 1 N–H and O–H groups in total. The van der Waals surface area contributed by atoms with Crippen molar-refractivity contribution in [1.29, 1.82) is 0 Å². The van der Waals surface area contributed by atoms with Crippen LogP contribution in [0.25, 0.3) is 0 Å². The Labute approximate surface area is 147 Å². The fourth-order valence-electron chi connectivity index (χ4n) is 3.12. The standard InChI is InChI=1S/C19H21ClN2O2/c1-24-18-8-7-17(20)13-16(18)14-21-9-11-22(12-10-21)19(23)15-5-3-2-4-6-15/h2-8,13H,9-12,14H2,1H3/p+1. The van der Waals surface area contributed by atoms with Gasteiger partial charge in [0, 0.05) is 16.1 Å². The van der Waals surface area contributed by atoms with Gasteiger partial charge in [-0.2, -0.15) is 0 Å². The molecule has 4 nitrogen and oxygen atoms in total. The van der Waals surface area contributed by atoms with Crippen molar-refractivity contribution in [3.63, 3.8) is 0 Å². The van der Waals surface area contributed by atoms with Crippen molar-refractivity contribution in [2.75, 3.05) is 33.3 Å². The summed E-state index contributed by atoms with van der Waals surface area (Å²) < 4.78 is 5.42. The average Bonchev–Trinajstić information content (AvgIpc) is 2.63. The molecule has 0 bridgehead atoms. The Kier molecular flexibility index (Phi) is 5.38. The zero-order valence-corrected chi connectivity index (χ0v) is 14.6. The number of nitrogens with zero attached hydrogens (tertiary/aromatic N) is 1. The predicted octanol–water partition coefficient (Wildman–Crippen LogP) is 1.89. The lowest BCUT2D eigenvalue weighted by atomic mass is 10.1. The molecule has 0 aromatic heterocycles. The molecular weight excluding hydrogens is 324 g/mol. The molecule has 0 spiro atoms. The average molecular weight is 346 g/mol. The van der Waals surface area contributed by atoms with Crippen LogP contribution in [-0.2, 0) is 6.54 Å². The number of halogens is 1. The number of benzene rings is 2. The molecule has 0 aliphatic carbocycles. The second kappa shape index (κ2) is 7.69. The molecular formula is C19H22ClN2O2+. The van der Waals surface area contributed by atoms with E-state index in [9.17, 15) is 4.79 Å². The molecule has 0 radical (unpaired) electrons. The number of carbonyl (C=O) groups excluding carboxylic acids is 1. The summed E-state index contributed by atoms with van der Waals surface area (Å²) in [6.07, 6.45) is 0. The second-order valence-electron chi connectivity index (χ2n) is 6.04. The van der Waals surface area contributed by atoms with Crippen LogP contribution in [0.3, 0.4) is 0 Å². The largest absolute Gasteiger partial charge is 0.496 e. The van der Waals surface area contributed by atoms with Crippen LogP contribution in [0.5, 0.6) is 5.75 Å². The highest BCUT2D eigenvalue weighted by Crippen LogP contribution is 2.21. The van der Waals surface area contributed by atoms with Crippen molar-refractivity contribution in [3.8, 4) is 5.75 Å². The third-order valence-electron chi connectivity index (χ3n) is 4.46. The lowest BCUT2D eigenvalue weighted by Crippen LogP contribution is -3.13. The fraction of sp³-hybridized carbons (Fsp3) is 0.316. The SMILES string of the molecule is COc1ccc(Cl)cc1C[NH+]1CCN(C(=O)c2ccccc2)CC1. The van der Waals surface area contributed by atoms with E-state index >= 15 is 0 Å². The van der Waals surface area contributed by atoms with Crippen LogP contribution in [0.4, 0.5) is 0 Å². The number of hydrogen-bond acceptors (Lipinski definition) is 2. The zero-order chi connectivity index (χ0) is 16.9. The van der Waals surface area contributed by atoms with Crippen LogP contribution < -0.4 is 9.64 Å². The van der Waals surface area contributed by atoms with Gasteiger partial charge in [-0.3, -0.25) is 4.79 Å². The molecule has 1 saturated heterocycles. The molecule has 0 atom stereocenters. The normalized spacial score (nSPS) is 15.3. The summed E-state index contributed by atoms with van der Waals surface area (Å²) in [5.74, 6) is 0.990. The maximum Gasteiger partial charge on any atom is 0.254 e. The van der Waals surface area contributed by atoms with Gasteiger partial charge in [-0.25, -0.2) is 0 Å². The lowest BCUT2D eigenvalue weighted by molar-refractivity contribution is -0.917. The van der Waals surface area contributed by atoms with Gasteiger partial charge in [0.1, 0.15) is 12.3 Å². The van der Waals surface area contributed by atoms with Gasteiger partial charge in [-0.15, -0.1) is 0 Å². The van der Waals surface area contributed by atoms with E-state index in [0.29, 0.717) is 0 Å². The van der Waals surface area contributed by atoms with E-state index in [1.165, 1.54) is 4.90 Å². The van der Waals surface area contributed by atoms with Crippen molar-refractivity contribution >= 4 is 17.5 Å². The predicted molar refractivity (Wildman–Crippen MR) is 94.8 cm³/mol. The summed E-state index contributed by atoms with van der Waals surface area (Å²) >= 11 is 6.11. The van der Waals surface area contributed by atoms with Crippen LogP contribution in [0.1, 0.15) is 15.9 Å². The van der Waals surface area contributed by atoms with Crippen molar-refractivity contribution in [2.24, 2.45) is 0 Å². The van der Waals surface area contributed by atoms with E-state index in [2.05, 4.69) is 0 Å². The third-order valence-corrected chi connectivity index (χ3v) is 4.70. The number of ether oxygens (including phenoxy) is 1. The van der Waals surface area contributed by atoms with E-state index < -0.39 is 0 Å². The number of amides is 1. The molecule has 1 amide bonds. The molecule has 1 heterocycles. The lowest BCUT2D eigenvalue weighted by Gasteiger charge is -2.32. The van der Waals surface area contributed by atoms with Crippen molar-refractivity contribution in [1.82, 2.24) is 4.90 Å². The molecule has 2 aromatic carbocycles. The van der Waals surface area contributed by atoms with Gasteiger partial charge in [0.25, 0.3) is 5.91 Å². The van der Waals surface area contributed by atoms with Gasteiger partial charge in [0.15, 0.2) is 0 Å². The molecule has 5 heteroatoms. The highest BCUT2D eigenvalue weighted by Gasteiger charge is 2.25. The smallest absolute Gasteiger partial charge is 0.254 e. The maximum atomic E-state index is 12.5. The molecule has 1 aliphatic heterocycles. The summed E-state index contributed by atoms with van der Waals surface area (Å²) in [4.78, 5) is 15.9. The first kappa shape index (κ1) is 16.8. The van der Waals surface area contributed by atoms with Gasteiger partial charge in [0.2, 0.25) is 0 Å². The summed E-state index contributed by atoms with van der Waals surface area (Å²) in [6, 6.07) is 15.2. The molecule has 1 aliphatic rings. The van der Waals surface area contributed by atoms with E-state index in [0.717, 1.165) is 54.6 Å². The Morgan fingerprint density at radius 3 is 2.54 bits per heavy atom. The molecule has 126 valence electrons.